The van der Waals surface area contributed by atoms with Gasteiger partial charge in [0.25, 0.3) is 0 Å². The first-order chi connectivity index (χ1) is 10.6. The summed E-state index contributed by atoms with van der Waals surface area (Å²) in [6.45, 7) is 4.32. The van der Waals surface area contributed by atoms with E-state index in [-0.39, 0.29) is 6.54 Å². The lowest BCUT2D eigenvalue weighted by Gasteiger charge is -2.30. The van der Waals surface area contributed by atoms with E-state index in [9.17, 15) is 9.59 Å². The Morgan fingerprint density at radius 2 is 1.95 bits per heavy atom. The number of rotatable bonds is 4. The fraction of sp³-hybridized carbons (Fsp3) is 0.467. The number of nitrogens with zero attached hydrogens (tertiary/aromatic N) is 1. The van der Waals surface area contributed by atoms with E-state index in [1.54, 1.807) is 12.1 Å². The van der Waals surface area contributed by atoms with Crippen LogP contribution in [-0.2, 0) is 14.3 Å². The quantitative estimate of drug-likeness (QED) is 0.679. The third kappa shape index (κ3) is 4.44. The first-order valence-electron chi connectivity index (χ1n) is 7.27. The van der Waals surface area contributed by atoms with Crippen molar-refractivity contribution in [2.24, 2.45) is 0 Å². The van der Waals surface area contributed by atoms with Gasteiger partial charge in [-0.15, -0.1) is 0 Å². The van der Waals surface area contributed by atoms with Crippen LogP contribution in [0.3, 0.4) is 0 Å². The molecule has 1 aliphatic heterocycles. The molecule has 120 valence electrons. The molecule has 1 unspecified atom stereocenters. The van der Waals surface area contributed by atoms with Gasteiger partial charge < -0.3 is 25.4 Å². The van der Waals surface area contributed by atoms with Gasteiger partial charge in [-0.1, -0.05) is 12.1 Å². The maximum atomic E-state index is 11.9. The van der Waals surface area contributed by atoms with Gasteiger partial charge in [0, 0.05) is 19.6 Å². The predicted molar refractivity (Wildman–Crippen MR) is 82.8 cm³/mol. The SMILES string of the molecule is CC(O)CNC(=O)C(=O)Nc1ccccc1N1CCOCC1. The molecule has 1 aliphatic rings. The Morgan fingerprint density at radius 1 is 1.27 bits per heavy atom. The third-order valence-corrected chi connectivity index (χ3v) is 3.27. The van der Waals surface area contributed by atoms with E-state index in [2.05, 4.69) is 15.5 Å². The zero-order valence-electron chi connectivity index (χ0n) is 12.5. The molecule has 0 aliphatic carbocycles. The molecule has 1 fully saturated rings. The molecule has 0 saturated carbocycles. The van der Waals surface area contributed by atoms with Gasteiger partial charge >= 0.3 is 11.8 Å². The lowest BCUT2D eigenvalue weighted by Crippen LogP contribution is -2.40. The van der Waals surface area contributed by atoms with Crippen LogP contribution >= 0.6 is 0 Å². The first kappa shape index (κ1) is 16.3. The van der Waals surface area contributed by atoms with Crippen molar-refractivity contribution < 1.29 is 19.4 Å². The van der Waals surface area contributed by atoms with E-state index in [4.69, 9.17) is 9.84 Å². The van der Waals surface area contributed by atoms with Crippen LogP contribution in [0, 0.1) is 0 Å². The Kier molecular flexibility index (Phi) is 5.74. The van der Waals surface area contributed by atoms with Gasteiger partial charge in [0.1, 0.15) is 0 Å². The Labute approximate surface area is 129 Å². The molecular weight excluding hydrogens is 286 g/mol. The average Bonchev–Trinajstić information content (AvgIpc) is 2.53. The lowest BCUT2D eigenvalue weighted by atomic mass is 10.2. The third-order valence-electron chi connectivity index (χ3n) is 3.27. The summed E-state index contributed by atoms with van der Waals surface area (Å²) in [5.41, 5.74) is 1.45. The Morgan fingerprint density at radius 3 is 2.64 bits per heavy atom. The molecule has 7 heteroatoms. The molecule has 22 heavy (non-hydrogen) atoms. The van der Waals surface area contributed by atoms with Crippen LogP contribution in [0.5, 0.6) is 0 Å². The number of hydrogen-bond acceptors (Lipinski definition) is 5. The van der Waals surface area contributed by atoms with Gasteiger partial charge in [-0.2, -0.15) is 0 Å². The first-order valence-corrected chi connectivity index (χ1v) is 7.27. The van der Waals surface area contributed by atoms with E-state index >= 15 is 0 Å². The standard InChI is InChI=1S/C15H21N3O4/c1-11(19)10-16-14(20)15(21)17-12-4-2-3-5-13(12)18-6-8-22-9-7-18/h2-5,11,19H,6-10H2,1H3,(H,16,20)(H,17,21). The maximum Gasteiger partial charge on any atom is 0.313 e. The summed E-state index contributed by atoms with van der Waals surface area (Å²) in [7, 11) is 0. The van der Waals surface area contributed by atoms with Crippen LogP contribution in [0.25, 0.3) is 0 Å². The molecule has 0 spiro atoms. The fourth-order valence-corrected chi connectivity index (χ4v) is 2.16. The molecule has 2 rings (SSSR count). The van der Waals surface area contributed by atoms with Crippen LogP contribution < -0.4 is 15.5 Å². The maximum absolute atomic E-state index is 11.9. The van der Waals surface area contributed by atoms with Gasteiger partial charge in [-0.05, 0) is 19.1 Å². The second-order valence-corrected chi connectivity index (χ2v) is 5.13. The zero-order chi connectivity index (χ0) is 15.9. The van der Waals surface area contributed by atoms with Crippen molar-refractivity contribution in [2.75, 3.05) is 43.1 Å². The molecule has 0 radical (unpaired) electrons. The highest BCUT2D eigenvalue weighted by Gasteiger charge is 2.18. The molecule has 2 amide bonds. The van der Waals surface area contributed by atoms with Crippen molar-refractivity contribution in [2.45, 2.75) is 13.0 Å². The number of ether oxygens (including phenoxy) is 1. The molecule has 1 aromatic carbocycles. The minimum Gasteiger partial charge on any atom is -0.392 e. The van der Waals surface area contributed by atoms with E-state index in [0.717, 1.165) is 18.8 Å². The minimum absolute atomic E-state index is 0.0391. The summed E-state index contributed by atoms with van der Waals surface area (Å²) in [4.78, 5) is 25.7. The molecule has 3 N–H and O–H groups in total. The number of carbonyl (C=O) groups is 2. The fourth-order valence-electron chi connectivity index (χ4n) is 2.16. The van der Waals surface area contributed by atoms with E-state index in [1.165, 1.54) is 6.92 Å². The van der Waals surface area contributed by atoms with Gasteiger partial charge in [-0.25, -0.2) is 0 Å². The van der Waals surface area contributed by atoms with E-state index in [0.29, 0.717) is 18.9 Å². The smallest absolute Gasteiger partial charge is 0.313 e. The summed E-state index contributed by atoms with van der Waals surface area (Å²) in [5, 5.41) is 14.1. The molecule has 0 aromatic heterocycles. The average molecular weight is 307 g/mol. The number of nitrogens with one attached hydrogen (secondary N) is 2. The normalized spacial score (nSPS) is 16.0. The lowest BCUT2D eigenvalue weighted by molar-refractivity contribution is -0.136. The molecule has 1 heterocycles. The second kappa shape index (κ2) is 7.77. The van der Waals surface area contributed by atoms with Crippen LogP contribution in [0.4, 0.5) is 11.4 Å². The zero-order valence-corrected chi connectivity index (χ0v) is 12.5. The molecular formula is C15H21N3O4. The molecule has 0 bridgehead atoms. The van der Waals surface area contributed by atoms with Crippen LogP contribution in [0.1, 0.15) is 6.92 Å². The number of amides is 2. The summed E-state index contributed by atoms with van der Waals surface area (Å²) in [6.07, 6.45) is -0.697. The number of aliphatic hydroxyl groups excluding tert-OH is 1. The molecule has 1 aromatic rings. The van der Waals surface area contributed by atoms with Gasteiger partial charge in [0.15, 0.2) is 0 Å². The highest BCUT2D eigenvalue weighted by molar-refractivity contribution is 6.39. The topological polar surface area (TPSA) is 90.9 Å². The monoisotopic (exact) mass is 307 g/mol. The van der Waals surface area contributed by atoms with Crippen molar-refractivity contribution in [1.82, 2.24) is 5.32 Å². The van der Waals surface area contributed by atoms with E-state index < -0.39 is 17.9 Å². The minimum atomic E-state index is -0.766. The molecule has 1 atom stereocenters. The number of para-hydroxylation sites is 2. The van der Waals surface area contributed by atoms with Crippen molar-refractivity contribution in [3.8, 4) is 0 Å². The van der Waals surface area contributed by atoms with Crippen molar-refractivity contribution in [1.29, 1.82) is 0 Å². The summed E-state index contributed by atoms with van der Waals surface area (Å²) in [6, 6.07) is 7.33. The van der Waals surface area contributed by atoms with Crippen LogP contribution in [0.2, 0.25) is 0 Å². The highest BCUT2D eigenvalue weighted by Crippen LogP contribution is 2.26. The number of hydrogen-bond donors (Lipinski definition) is 3. The van der Waals surface area contributed by atoms with Gasteiger partial charge in [0.05, 0.1) is 30.7 Å². The Hall–Kier alpha value is -2.12. The Bertz CT molecular complexity index is 527. The van der Waals surface area contributed by atoms with Crippen molar-refractivity contribution in [3.05, 3.63) is 24.3 Å². The van der Waals surface area contributed by atoms with Crippen molar-refractivity contribution >= 4 is 23.2 Å². The van der Waals surface area contributed by atoms with Crippen LogP contribution in [0.15, 0.2) is 24.3 Å². The summed E-state index contributed by atoms with van der Waals surface area (Å²) >= 11 is 0. The highest BCUT2D eigenvalue weighted by atomic mass is 16.5. The number of benzene rings is 1. The van der Waals surface area contributed by atoms with Crippen LogP contribution in [-0.4, -0.2) is 55.9 Å². The summed E-state index contributed by atoms with van der Waals surface area (Å²) < 4.78 is 5.32. The second-order valence-electron chi connectivity index (χ2n) is 5.13. The van der Waals surface area contributed by atoms with Crippen molar-refractivity contribution in [3.63, 3.8) is 0 Å². The Balaban J connectivity index is 2.02. The summed E-state index contributed by atoms with van der Waals surface area (Å²) in [5.74, 6) is -1.51. The number of morpholine rings is 1. The van der Waals surface area contributed by atoms with Gasteiger partial charge in [-0.3, -0.25) is 9.59 Å². The number of aliphatic hydroxyl groups is 1. The largest absolute Gasteiger partial charge is 0.392 e. The predicted octanol–water partition coefficient (Wildman–Crippen LogP) is -0.0413. The number of carbonyl (C=O) groups excluding carboxylic acids is 2. The molecule has 7 nitrogen and oxygen atoms in total. The number of anilines is 2. The van der Waals surface area contributed by atoms with E-state index in [1.807, 2.05) is 12.1 Å². The van der Waals surface area contributed by atoms with Gasteiger partial charge in [0.2, 0.25) is 0 Å². The molecule has 1 saturated heterocycles.